The van der Waals surface area contributed by atoms with Gasteiger partial charge in [-0.25, -0.2) is 0 Å². The van der Waals surface area contributed by atoms with Gasteiger partial charge in [0.2, 0.25) is 0 Å². The molecule has 0 fully saturated rings. The lowest BCUT2D eigenvalue weighted by Crippen LogP contribution is -1.85. The van der Waals surface area contributed by atoms with Crippen molar-refractivity contribution in [2.45, 2.75) is 20.8 Å². The van der Waals surface area contributed by atoms with Gasteiger partial charge in [-0.15, -0.1) is 0 Å². The third-order valence-electron chi connectivity index (χ3n) is 1.77. The van der Waals surface area contributed by atoms with Gasteiger partial charge in [0.25, 0.3) is 0 Å². The highest BCUT2D eigenvalue weighted by atomic mass is 16.3. The standard InChI is InChI=1S/C10H8O2.C2H6/c1-7(11)10-6-8-4-2-3-5-9(8)12-10;1-2/h2-6H,1H3;1-2H3. The fraction of sp³-hybridized carbons (Fsp3) is 0.250. The molecule has 0 aliphatic rings. The van der Waals surface area contributed by atoms with E-state index in [1.807, 2.05) is 38.1 Å². The van der Waals surface area contributed by atoms with Crippen molar-refractivity contribution < 1.29 is 9.21 Å². The van der Waals surface area contributed by atoms with Crippen molar-refractivity contribution in [3.63, 3.8) is 0 Å². The zero-order valence-electron chi connectivity index (χ0n) is 8.70. The Morgan fingerprint density at radius 3 is 2.43 bits per heavy atom. The van der Waals surface area contributed by atoms with Crippen LogP contribution in [0.3, 0.4) is 0 Å². The molecule has 1 heterocycles. The van der Waals surface area contributed by atoms with Crippen molar-refractivity contribution in [2.24, 2.45) is 0 Å². The molecule has 14 heavy (non-hydrogen) atoms. The van der Waals surface area contributed by atoms with Gasteiger partial charge in [0.05, 0.1) is 0 Å². The fourth-order valence-electron chi connectivity index (χ4n) is 1.16. The monoisotopic (exact) mass is 190 g/mol. The van der Waals surface area contributed by atoms with Crippen molar-refractivity contribution in [2.75, 3.05) is 0 Å². The normalized spacial score (nSPS) is 9.36. The average molecular weight is 190 g/mol. The van der Waals surface area contributed by atoms with Gasteiger partial charge in [0.1, 0.15) is 5.58 Å². The molecule has 0 saturated carbocycles. The molecule has 2 aromatic rings. The summed E-state index contributed by atoms with van der Waals surface area (Å²) >= 11 is 0. The molecule has 74 valence electrons. The quantitative estimate of drug-likeness (QED) is 0.642. The first-order valence-corrected chi connectivity index (χ1v) is 4.77. The maximum absolute atomic E-state index is 10.9. The molecule has 0 aliphatic heterocycles. The second-order valence-electron chi connectivity index (χ2n) is 2.70. The van der Waals surface area contributed by atoms with Gasteiger partial charge in [-0.3, -0.25) is 4.79 Å². The highest BCUT2D eigenvalue weighted by Gasteiger charge is 2.05. The van der Waals surface area contributed by atoms with E-state index in [-0.39, 0.29) is 5.78 Å². The zero-order valence-corrected chi connectivity index (χ0v) is 8.70. The smallest absolute Gasteiger partial charge is 0.194 e. The summed E-state index contributed by atoms with van der Waals surface area (Å²) in [6.45, 7) is 5.50. The molecule has 0 aliphatic carbocycles. The zero-order chi connectivity index (χ0) is 10.6. The summed E-state index contributed by atoms with van der Waals surface area (Å²) in [5, 5.41) is 0.975. The number of furan rings is 1. The Morgan fingerprint density at radius 2 is 1.86 bits per heavy atom. The minimum absolute atomic E-state index is 0.0359. The Kier molecular flexibility index (Phi) is 3.46. The largest absolute Gasteiger partial charge is 0.453 e. The van der Waals surface area contributed by atoms with Gasteiger partial charge in [-0.1, -0.05) is 32.0 Å². The molecule has 2 rings (SSSR count). The van der Waals surface area contributed by atoms with Gasteiger partial charge in [-0.2, -0.15) is 0 Å². The van der Waals surface area contributed by atoms with Crippen molar-refractivity contribution in [3.8, 4) is 0 Å². The minimum atomic E-state index is -0.0359. The molecule has 0 bridgehead atoms. The van der Waals surface area contributed by atoms with Crippen molar-refractivity contribution >= 4 is 16.8 Å². The molecule has 0 amide bonds. The van der Waals surface area contributed by atoms with E-state index in [2.05, 4.69) is 0 Å². The Bertz CT molecular complexity index is 394. The van der Waals surface area contributed by atoms with Crippen molar-refractivity contribution in [1.29, 1.82) is 0 Å². The summed E-state index contributed by atoms with van der Waals surface area (Å²) in [6.07, 6.45) is 0. The molecule has 0 atom stereocenters. The summed E-state index contributed by atoms with van der Waals surface area (Å²) in [7, 11) is 0. The van der Waals surface area contributed by atoms with Gasteiger partial charge >= 0.3 is 0 Å². The van der Waals surface area contributed by atoms with E-state index in [0.29, 0.717) is 5.76 Å². The third kappa shape index (κ3) is 2.02. The SMILES string of the molecule is CC.CC(=O)c1cc2ccccc2o1. The van der Waals surface area contributed by atoms with E-state index < -0.39 is 0 Å². The van der Waals surface area contributed by atoms with Crippen LogP contribution in [0.5, 0.6) is 0 Å². The van der Waals surface area contributed by atoms with Crippen LogP contribution in [-0.4, -0.2) is 5.78 Å². The number of carbonyl (C=O) groups excluding carboxylic acids is 1. The first-order chi connectivity index (χ1) is 6.77. The first-order valence-electron chi connectivity index (χ1n) is 4.77. The fourth-order valence-corrected chi connectivity index (χ4v) is 1.16. The second kappa shape index (κ2) is 4.61. The van der Waals surface area contributed by atoms with Crippen LogP contribution in [-0.2, 0) is 0 Å². The Hall–Kier alpha value is -1.57. The van der Waals surface area contributed by atoms with E-state index in [9.17, 15) is 4.79 Å². The van der Waals surface area contributed by atoms with Crippen LogP contribution in [0.1, 0.15) is 31.3 Å². The van der Waals surface area contributed by atoms with Crippen LogP contribution >= 0.6 is 0 Å². The van der Waals surface area contributed by atoms with Crippen LogP contribution in [0.4, 0.5) is 0 Å². The van der Waals surface area contributed by atoms with Crippen LogP contribution in [0.25, 0.3) is 11.0 Å². The first kappa shape index (κ1) is 10.5. The number of benzene rings is 1. The predicted octanol–water partition coefficient (Wildman–Crippen LogP) is 3.66. The van der Waals surface area contributed by atoms with E-state index in [4.69, 9.17) is 4.42 Å². The van der Waals surface area contributed by atoms with Gasteiger partial charge in [0.15, 0.2) is 11.5 Å². The highest BCUT2D eigenvalue weighted by Crippen LogP contribution is 2.18. The molecule has 0 spiro atoms. The van der Waals surface area contributed by atoms with Crippen LogP contribution in [0, 0.1) is 0 Å². The lowest BCUT2D eigenvalue weighted by molar-refractivity contribution is 0.0989. The van der Waals surface area contributed by atoms with E-state index in [1.165, 1.54) is 6.92 Å². The summed E-state index contributed by atoms with van der Waals surface area (Å²) in [5.74, 6) is 0.391. The maximum atomic E-state index is 10.9. The molecule has 2 heteroatoms. The molecule has 1 aromatic carbocycles. The second-order valence-corrected chi connectivity index (χ2v) is 2.70. The van der Waals surface area contributed by atoms with Gasteiger partial charge in [0, 0.05) is 12.3 Å². The van der Waals surface area contributed by atoms with Crippen molar-refractivity contribution in [1.82, 2.24) is 0 Å². The number of hydrogen-bond donors (Lipinski definition) is 0. The average Bonchev–Trinajstić information content (AvgIpc) is 2.64. The lowest BCUT2D eigenvalue weighted by Gasteiger charge is -1.83. The number of rotatable bonds is 1. The third-order valence-corrected chi connectivity index (χ3v) is 1.77. The number of carbonyl (C=O) groups is 1. The Morgan fingerprint density at radius 1 is 1.21 bits per heavy atom. The number of hydrogen-bond acceptors (Lipinski definition) is 2. The Balaban J connectivity index is 0.000000461. The lowest BCUT2D eigenvalue weighted by atomic mass is 10.2. The summed E-state index contributed by atoms with van der Waals surface area (Å²) < 4.78 is 5.28. The molecule has 1 aromatic heterocycles. The molecule has 2 nitrogen and oxygen atoms in total. The topological polar surface area (TPSA) is 30.2 Å². The number of para-hydroxylation sites is 1. The maximum Gasteiger partial charge on any atom is 0.194 e. The number of Topliss-reactive ketones (excluding diaryl/α,β-unsaturated/α-hetero) is 1. The molecule has 0 unspecified atom stereocenters. The van der Waals surface area contributed by atoms with Gasteiger partial charge in [-0.05, 0) is 12.1 Å². The highest BCUT2D eigenvalue weighted by molar-refractivity contribution is 5.95. The number of ketones is 1. The molecule has 0 saturated heterocycles. The van der Waals surface area contributed by atoms with Gasteiger partial charge < -0.3 is 4.42 Å². The minimum Gasteiger partial charge on any atom is -0.453 e. The van der Waals surface area contributed by atoms with E-state index in [1.54, 1.807) is 6.07 Å². The summed E-state index contributed by atoms with van der Waals surface area (Å²) in [6, 6.07) is 9.34. The van der Waals surface area contributed by atoms with Crippen LogP contribution in [0.2, 0.25) is 0 Å². The molecular weight excluding hydrogens is 176 g/mol. The summed E-state index contributed by atoms with van der Waals surface area (Å²) in [4.78, 5) is 10.9. The molecular formula is C12H14O2. The molecule has 0 N–H and O–H groups in total. The van der Waals surface area contributed by atoms with Crippen LogP contribution in [0.15, 0.2) is 34.7 Å². The van der Waals surface area contributed by atoms with Crippen molar-refractivity contribution in [3.05, 3.63) is 36.1 Å². The Labute approximate surface area is 83.5 Å². The van der Waals surface area contributed by atoms with Crippen LogP contribution < -0.4 is 0 Å². The van der Waals surface area contributed by atoms with E-state index in [0.717, 1.165) is 11.0 Å². The van der Waals surface area contributed by atoms with E-state index >= 15 is 0 Å². The molecule has 0 radical (unpaired) electrons. The summed E-state index contributed by atoms with van der Waals surface area (Å²) in [5.41, 5.74) is 0.766. The predicted molar refractivity (Wildman–Crippen MR) is 57.6 cm³/mol. The number of fused-ring (bicyclic) bond motifs is 1.